The van der Waals surface area contributed by atoms with Gasteiger partial charge >= 0.3 is 0 Å². The van der Waals surface area contributed by atoms with E-state index in [1.807, 2.05) is 13.0 Å². The lowest BCUT2D eigenvalue weighted by molar-refractivity contribution is 0.363. The first-order valence-electron chi connectivity index (χ1n) is 7.81. The molecular formula is C17H22ClFN2. The lowest BCUT2D eigenvalue weighted by Gasteiger charge is -2.18. The lowest BCUT2D eigenvalue weighted by Crippen LogP contribution is -2.15. The second-order valence-electron chi connectivity index (χ2n) is 6.34. The molecular weight excluding hydrogens is 287 g/mol. The minimum Gasteiger partial charge on any atom is -0.328 e. The zero-order valence-corrected chi connectivity index (χ0v) is 13.5. The van der Waals surface area contributed by atoms with Crippen molar-refractivity contribution in [3.63, 3.8) is 0 Å². The summed E-state index contributed by atoms with van der Waals surface area (Å²) in [6, 6.07) is 3.48. The number of hydrogen-bond donors (Lipinski definition) is 0. The van der Waals surface area contributed by atoms with E-state index in [9.17, 15) is 4.39 Å². The molecule has 2 aromatic rings. The maximum Gasteiger partial charge on any atom is 0.128 e. The van der Waals surface area contributed by atoms with Gasteiger partial charge in [0.15, 0.2) is 0 Å². The highest BCUT2D eigenvalue weighted by molar-refractivity contribution is 6.17. The SMILES string of the molecule is Cc1cc2c(cc1F)nc(CCCl)n2CC1CCCC1C. The van der Waals surface area contributed by atoms with Crippen molar-refractivity contribution in [2.75, 3.05) is 5.88 Å². The third-order valence-electron chi connectivity index (χ3n) is 4.88. The van der Waals surface area contributed by atoms with Crippen LogP contribution in [0.15, 0.2) is 12.1 Å². The van der Waals surface area contributed by atoms with E-state index in [0.717, 1.165) is 35.7 Å². The average Bonchev–Trinajstić information content (AvgIpc) is 2.98. The summed E-state index contributed by atoms with van der Waals surface area (Å²) >= 11 is 5.92. The molecule has 0 radical (unpaired) electrons. The number of alkyl halides is 1. The molecule has 1 aromatic heterocycles. The van der Waals surface area contributed by atoms with E-state index < -0.39 is 0 Å². The number of halogens is 2. The summed E-state index contributed by atoms with van der Waals surface area (Å²) in [7, 11) is 0. The van der Waals surface area contributed by atoms with Crippen molar-refractivity contribution in [3.05, 3.63) is 29.3 Å². The summed E-state index contributed by atoms with van der Waals surface area (Å²) in [5.41, 5.74) is 2.48. The molecule has 1 aromatic carbocycles. The molecule has 0 amide bonds. The van der Waals surface area contributed by atoms with Gasteiger partial charge in [-0.15, -0.1) is 11.6 Å². The number of imidazole rings is 1. The van der Waals surface area contributed by atoms with E-state index in [0.29, 0.717) is 17.4 Å². The number of nitrogens with zero attached hydrogens (tertiary/aromatic N) is 2. The molecule has 0 bridgehead atoms. The lowest BCUT2D eigenvalue weighted by atomic mass is 9.98. The van der Waals surface area contributed by atoms with Gasteiger partial charge in [-0.1, -0.05) is 19.8 Å². The van der Waals surface area contributed by atoms with Gasteiger partial charge in [0.2, 0.25) is 0 Å². The molecule has 1 heterocycles. The molecule has 2 unspecified atom stereocenters. The van der Waals surface area contributed by atoms with E-state index >= 15 is 0 Å². The van der Waals surface area contributed by atoms with E-state index in [2.05, 4.69) is 16.5 Å². The highest BCUT2D eigenvalue weighted by Crippen LogP contribution is 2.34. The standard InChI is InChI=1S/C17H22ClFN2/c1-11-4-3-5-13(11)10-21-16-8-12(2)14(19)9-15(16)20-17(21)6-7-18/h8-9,11,13H,3-7,10H2,1-2H3. The van der Waals surface area contributed by atoms with Gasteiger partial charge in [-0.2, -0.15) is 0 Å². The number of benzene rings is 1. The van der Waals surface area contributed by atoms with Gasteiger partial charge in [0.1, 0.15) is 11.6 Å². The molecule has 0 spiro atoms. The third kappa shape index (κ3) is 2.80. The predicted octanol–water partition coefficient (Wildman–Crippen LogP) is 4.70. The Kier molecular flexibility index (Phi) is 4.21. The van der Waals surface area contributed by atoms with Crippen LogP contribution in [-0.2, 0) is 13.0 Å². The summed E-state index contributed by atoms with van der Waals surface area (Å²) in [5, 5.41) is 0. The van der Waals surface area contributed by atoms with E-state index in [4.69, 9.17) is 11.6 Å². The number of aryl methyl sites for hydroxylation is 2. The van der Waals surface area contributed by atoms with Crippen molar-refractivity contribution in [2.24, 2.45) is 11.8 Å². The topological polar surface area (TPSA) is 17.8 Å². The van der Waals surface area contributed by atoms with E-state index in [-0.39, 0.29) is 5.82 Å². The fourth-order valence-corrected chi connectivity index (χ4v) is 3.68. The van der Waals surface area contributed by atoms with Crippen LogP contribution in [-0.4, -0.2) is 15.4 Å². The summed E-state index contributed by atoms with van der Waals surface area (Å²) in [6.07, 6.45) is 4.64. The van der Waals surface area contributed by atoms with Crippen molar-refractivity contribution < 1.29 is 4.39 Å². The third-order valence-corrected chi connectivity index (χ3v) is 5.07. The second-order valence-corrected chi connectivity index (χ2v) is 6.71. The van der Waals surface area contributed by atoms with Crippen molar-refractivity contribution >= 4 is 22.6 Å². The normalized spacial score (nSPS) is 22.3. The molecule has 0 aliphatic heterocycles. The molecule has 1 fully saturated rings. The molecule has 0 saturated heterocycles. The number of fused-ring (bicyclic) bond motifs is 1. The predicted molar refractivity (Wildman–Crippen MR) is 85.4 cm³/mol. The summed E-state index contributed by atoms with van der Waals surface area (Å²) in [4.78, 5) is 4.61. The van der Waals surface area contributed by atoms with Gasteiger partial charge in [0.25, 0.3) is 0 Å². The highest BCUT2D eigenvalue weighted by atomic mass is 35.5. The van der Waals surface area contributed by atoms with Crippen LogP contribution in [0.25, 0.3) is 11.0 Å². The Labute approximate surface area is 130 Å². The first kappa shape index (κ1) is 14.8. The smallest absolute Gasteiger partial charge is 0.128 e. The molecule has 0 N–H and O–H groups in total. The van der Waals surface area contributed by atoms with Crippen molar-refractivity contribution in [2.45, 2.75) is 46.1 Å². The van der Waals surface area contributed by atoms with Crippen molar-refractivity contribution in [1.29, 1.82) is 0 Å². The van der Waals surface area contributed by atoms with Crippen LogP contribution >= 0.6 is 11.6 Å². The fraction of sp³-hybridized carbons (Fsp3) is 0.588. The Morgan fingerprint density at radius 2 is 2.19 bits per heavy atom. The van der Waals surface area contributed by atoms with Crippen molar-refractivity contribution in [3.8, 4) is 0 Å². The van der Waals surface area contributed by atoms with Crippen LogP contribution in [0.3, 0.4) is 0 Å². The Morgan fingerprint density at radius 3 is 2.86 bits per heavy atom. The minimum atomic E-state index is -0.182. The quantitative estimate of drug-likeness (QED) is 0.748. The molecule has 114 valence electrons. The zero-order chi connectivity index (χ0) is 15.0. The van der Waals surface area contributed by atoms with Gasteiger partial charge in [-0.05, 0) is 36.8 Å². The van der Waals surface area contributed by atoms with Crippen molar-refractivity contribution in [1.82, 2.24) is 9.55 Å². The Balaban J connectivity index is 2.04. The monoisotopic (exact) mass is 308 g/mol. The van der Waals surface area contributed by atoms with Crippen LogP contribution < -0.4 is 0 Å². The molecule has 1 aliphatic carbocycles. The number of hydrogen-bond acceptors (Lipinski definition) is 1. The van der Waals surface area contributed by atoms with Gasteiger partial charge < -0.3 is 4.57 Å². The summed E-state index contributed by atoms with van der Waals surface area (Å²) in [6.45, 7) is 5.13. The Hall–Kier alpha value is -1.09. The van der Waals surface area contributed by atoms with Gasteiger partial charge in [0.05, 0.1) is 11.0 Å². The Bertz CT molecular complexity index is 650. The van der Waals surface area contributed by atoms with Gasteiger partial charge in [0, 0.05) is 24.9 Å². The molecule has 21 heavy (non-hydrogen) atoms. The average molecular weight is 309 g/mol. The molecule has 1 aliphatic rings. The van der Waals surface area contributed by atoms with E-state index in [1.54, 1.807) is 6.07 Å². The summed E-state index contributed by atoms with van der Waals surface area (Å²) < 4.78 is 16.0. The second kappa shape index (κ2) is 5.96. The Morgan fingerprint density at radius 1 is 1.38 bits per heavy atom. The molecule has 2 atom stereocenters. The van der Waals surface area contributed by atoms with E-state index in [1.165, 1.54) is 19.3 Å². The van der Waals surface area contributed by atoms with Crippen LogP contribution in [0.1, 0.15) is 37.6 Å². The highest BCUT2D eigenvalue weighted by Gasteiger charge is 2.25. The molecule has 3 rings (SSSR count). The summed E-state index contributed by atoms with van der Waals surface area (Å²) in [5.74, 6) is 2.81. The minimum absolute atomic E-state index is 0.182. The molecule has 1 saturated carbocycles. The molecule has 4 heteroatoms. The molecule has 2 nitrogen and oxygen atoms in total. The zero-order valence-electron chi connectivity index (χ0n) is 12.7. The first-order valence-corrected chi connectivity index (χ1v) is 8.35. The van der Waals surface area contributed by atoms with Gasteiger partial charge in [-0.25, -0.2) is 9.37 Å². The maximum atomic E-state index is 13.8. The van der Waals surface area contributed by atoms with Gasteiger partial charge in [-0.3, -0.25) is 0 Å². The fourth-order valence-electron chi connectivity index (χ4n) is 3.51. The number of aromatic nitrogens is 2. The van der Waals surface area contributed by atoms with Crippen LogP contribution in [0.5, 0.6) is 0 Å². The first-order chi connectivity index (χ1) is 10.1. The number of rotatable bonds is 4. The largest absolute Gasteiger partial charge is 0.328 e. The maximum absolute atomic E-state index is 13.8. The van der Waals surface area contributed by atoms with Crippen LogP contribution in [0.2, 0.25) is 0 Å². The van der Waals surface area contributed by atoms with Crippen LogP contribution in [0.4, 0.5) is 4.39 Å². The van der Waals surface area contributed by atoms with Crippen LogP contribution in [0, 0.1) is 24.6 Å².